The number of carbonyl (C=O) groups excluding carboxylic acids is 2. The van der Waals surface area contributed by atoms with Gasteiger partial charge < -0.3 is 20.1 Å². The summed E-state index contributed by atoms with van der Waals surface area (Å²) in [6, 6.07) is 24.7. The highest BCUT2D eigenvalue weighted by Crippen LogP contribution is 2.34. The Morgan fingerprint density at radius 1 is 0.895 bits per heavy atom. The smallest absolute Gasteiger partial charge is 0.320 e. The van der Waals surface area contributed by atoms with Gasteiger partial charge in [0.1, 0.15) is 18.8 Å². The summed E-state index contributed by atoms with van der Waals surface area (Å²) in [6.07, 6.45) is 0.693. The van der Waals surface area contributed by atoms with E-state index in [1.165, 1.54) is 11.3 Å². The lowest BCUT2D eigenvalue weighted by Crippen LogP contribution is -2.53. The molecule has 1 aliphatic rings. The van der Waals surface area contributed by atoms with Crippen LogP contribution in [0.4, 0.5) is 15.6 Å². The second kappa shape index (κ2) is 10.9. The highest BCUT2D eigenvalue weighted by molar-refractivity contribution is 7.16. The molecule has 0 fully saturated rings. The molecule has 38 heavy (non-hydrogen) atoms. The number of urea groups is 1. The lowest BCUT2D eigenvalue weighted by molar-refractivity contribution is -0.120. The molecule has 5 rings (SSSR count). The maximum Gasteiger partial charge on any atom is 0.320 e. The number of fused-ring (bicyclic) bond motifs is 1. The minimum atomic E-state index is -1.21. The molecule has 0 spiro atoms. The summed E-state index contributed by atoms with van der Waals surface area (Å²) in [5, 5.41) is 8.86. The van der Waals surface area contributed by atoms with Crippen molar-refractivity contribution in [2.75, 3.05) is 23.8 Å². The number of hydrogen-bond acceptors (Lipinski definition) is 6. The molecule has 1 aromatic heterocycles. The molecule has 3 aromatic carbocycles. The molecule has 3 N–H and O–H groups in total. The van der Waals surface area contributed by atoms with Gasteiger partial charge in [-0.15, -0.1) is 11.3 Å². The zero-order chi connectivity index (χ0) is 26.5. The first-order valence-electron chi connectivity index (χ1n) is 12.3. The van der Waals surface area contributed by atoms with Crippen molar-refractivity contribution in [3.63, 3.8) is 0 Å². The van der Waals surface area contributed by atoms with Gasteiger partial charge in [-0.05, 0) is 31.5 Å². The summed E-state index contributed by atoms with van der Waals surface area (Å²) in [5.41, 5.74) is 2.28. The first kappa shape index (κ1) is 25.3. The van der Waals surface area contributed by atoms with Crippen molar-refractivity contribution in [2.45, 2.75) is 25.8 Å². The van der Waals surface area contributed by atoms with E-state index in [4.69, 9.17) is 14.5 Å². The number of rotatable bonds is 7. The predicted octanol–water partition coefficient (Wildman–Crippen LogP) is 5.71. The predicted molar refractivity (Wildman–Crippen MR) is 149 cm³/mol. The fraction of sp³-hybridized carbons (Fsp3) is 0.207. The molecule has 0 aliphatic carbocycles. The summed E-state index contributed by atoms with van der Waals surface area (Å²) < 4.78 is 11.1. The molecule has 0 saturated carbocycles. The first-order valence-corrected chi connectivity index (χ1v) is 13.1. The Balaban J connectivity index is 1.28. The number of thiazole rings is 1. The standard InChI is InChI=1S/C29H28N4O4S/c1-29(2,33-27(35)30-21-13-14-22-23(18-21)37-16-15-36-22)26(34)32-28-31-25(20-11-7-4-8-12-20)24(38-28)17-19-9-5-3-6-10-19/h3-14,18H,15-17H2,1-2H3,(H2,30,33,35)(H,31,32,34). The fourth-order valence-electron chi connectivity index (χ4n) is 4.01. The molecule has 2 heterocycles. The van der Waals surface area contributed by atoms with Crippen molar-refractivity contribution in [3.8, 4) is 22.8 Å². The normalized spacial score (nSPS) is 12.5. The summed E-state index contributed by atoms with van der Waals surface area (Å²) in [7, 11) is 0. The Labute approximate surface area is 225 Å². The van der Waals surface area contributed by atoms with Crippen molar-refractivity contribution in [1.29, 1.82) is 0 Å². The van der Waals surface area contributed by atoms with Crippen LogP contribution in [-0.2, 0) is 11.2 Å². The maximum atomic E-state index is 13.2. The molecule has 4 aromatic rings. The minimum Gasteiger partial charge on any atom is -0.486 e. The van der Waals surface area contributed by atoms with Crippen molar-refractivity contribution in [1.82, 2.24) is 10.3 Å². The minimum absolute atomic E-state index is 0.380. The molecule has 0 radical (unpaired) electrons. The highest BCUT2D eigenvalue weighted by Gasteiger charge is 2.31. The Hall–Kier alpha value is -4.37. The molecule has 8 nitrogen and oxygen atoms in total. The molecular weight excluding hydrogens is 500 g/mol. The average Bonchev–Trinajstić information content (AvgIpc) is 3.31. The summed E-state index contributed by atoms with van der Waals surface area (Å²) in [6.45, 7) is 4.22. The van der Waals surface area contributed by atoms with Crippen LogP contribution in [0.5, 0.6) is 11.5 Å². The van der Waals surface area contributed by atoms with Gasteiger partial charge in [0.05, 0.1) is 5.69 Å². The summed E-state index contributed by atoms with van der Waals surface area (Å²) in [5.74, 6) is 0.816. The van der Waals surface area contributed by atoms with Gasteiger partial charge in [-0.1, -0.05) is 60.7 Å². The van der Waals surface area contributed by atoms with E-state index in [1.54, 1.807) is 32.0 Å². The van der Waals surface area contributed by atoms with Gasteiger partial charge in [0, 0.05) is 28.6 Å². The van der Waals surface area contributed by atoms with E-state index in [2.05, 4.69) is 28.1 Å². The quantitative estimate of drug-likeness (QED) is 0.285. The molecule has 0 saturated heterocycles. The van der Waals surface area contributed by atoms with E-state index in [0.717, 1.165) is 21.7 Å². The van der Waals surface area contributed by atoms with Crippen LogP contribution in [-0.4, -0.2) is 35.7 Å². The van der Waals surface area contributed by atoms with Crippen LogP contribution >= 0.6 is 11.3 Å². The van der Waals surface area contributed by atoms with Crippen molar-refractivity contribution >= 4 is 34.1 Å². The fourth-order valence-corrected chi connectivity index (χ4v) is 5.02. The van der Waals surface area contributed by atoms with E-state index >= 15 is 0 Å². The molecular formula is C29H28N4O4S. The monoisotopic (exact) mass is 528 g/mol. The van der Waals surface area contributed by atoms with Crippen LogP contribution in [0.25, 0.3) is 11.3 Å². The van der Waals surface area contributed by atoms with Gasteiger partial charge in [-0.3, -0.25) is 10.1 Å². The number of carbonyl (C=O) groups is 2. The van der Waals surface area contributed by atoms with E-state index in [-0.39, 0.29) is 5.91 Å². The molecule has 9 heteroatoms. The van der Waals surface area contributed by atoms with E-state index in [0.29, 0.717) is 42.0 Å². The lowest BCUT2D eigenvalue weighted by Gasteiger charge is -2.25. The van der Waals surface area contributed by atoms with Gasteiger partial charge in [0.2, 0.25) is 0 Å². The Bertz CT molecular complexity index is 1440. The second-order valence-corrected chi connectivity index (χ2v) is 10.4. The molecule has 0 atom stereocenters. The van der Waals surface area contributed by atoms with E-state index in [9.17, 15) is 9.59 Å². The van der Waals surface area contributed by atoms with Crippen LogP contribution in [0.3, 0.4) is 0 Å². The van der Waals surface area contributed by atoms with Gasteiger partial charge in [-0.2, -0.15) is 0 Å². The molecule has 3 amide bonds. The van der Waals surface area contributed by atoms with E-state index in [1.807, 2.05) is 48.5 Å². The van der Waals surface area contributed by atoms with Crippen LogP contribution in [0, 0.1) is 0 Å². The number of anilines is 2. The Morgan fingerprint density at radius 3 is 2.32 bits per heavy atom. The molecule has 194 valence electrons. The first-order chi connectivity index (χ1) is 18.4. The molecule has 1 aliphatic heterocycles. The number of aromatic nitrogens is 1. The van der Waals surface area contributed by atoms with Crippen LogP contribution in [0.2, 0.25) is 0 Å². The van der Waals surface area contributed by atoms with Crippen LogP contribution in [0.15, 0.2) is 78.9 Å². The van der Waals surface area contributed by atoms with Gasteiger partial charge >= 0.3 is 6.03 Å². The van der Waals surface area contributed by atoms with Crippen molar-refractivity contribution in [3.05, 3.63) is 89.3 Å². The number of amides is 3. The zero-order valence-electron chi connectivity index (χ0n) is 21.1. The third kappa shape index (κ3) is 5.95. The van der Waals surface area contributed by atoms with Crippen molar-refractivity contribution in [2.24, 2.45) is 0 Å². The maximum absolute atomic E-state index is 13.2. The second-order valence-electron chi connectivity index (χ2n) is 9.34. The summed E-state index contributed by atoms with van der Waals surface area (Å²) >= 11 is 1.43. The van der Waals surface area contributed by atoms with Crippen LogP contribution < -0.4 is 25.4 Å². The zero-order valence-corrected chi connectivity index (χ0v) is 21.9. The van der Waals surface area contributed by atoms with E-state index < -0.39 is 11.6 Å². The SMILES string of the molecule is CC(C)(NC(=O)Nc1ccc2c(c1)OCCO2)C(=O)Nc1nc(-c2ccccc2)c(Cc2ccccc2)s1. The third-order valence-corrected chi connectivity index (χ3v) is 6.94. The largest absolute Gasteiger partial charge is 0.486 e. The summed E-state index contributed by atoms with van der Waals surface area (Å²) in [4.78, 5) is 31.7. The van der Waals surface area contributed by atoms with Gasteiger partial charge in [0.15, 0.2) is 16.6 Å². The number of ether oxygens (including phenoxy) is 2. The Kier molecular flexibility index (Phi) is 7.28. The molecule has 0 bridgehead atoms. The number of nitrogens with zero attached hydrogens (tertiary/aromatic N) is 1. The number of hydrogen-bond donors (Lipinski definition) is 3. The molecule has 0 unspecified atom stereocenters. The Morgan fingerprint density at radius 2 is 1.58 bits per heavy atom. The topological polar surface area (TPSA) is 102 Å². The highest BCUT2D eigenvalue weighted by atomic mass is 32.1. The van der Waals surface area contributed by atoms with Gasteiger partial charge in [-0.25, -0.2) is 9.78 Å². The number of benzene rings is 3. The van der Waals surface area contributed by atoms with Crippen LogP contribution in [0.1, 0.15) is 24.3 Å². The third-order valence-electron chi connectivity index (χ3n) is 5.97. The lowest BCUT2D eigenvalue weighted by atomic mass is 10.1. The van der Waals surface area contributed by atoms with Gasteiger partial charge in [0.25, 0.3) is 5.91 Å². The van der Waals surface area contributed by atoms with Crippen molar-refractivity contribution < 1.29 is 19.1 Å². The number of nitrogens with one attached hydrogen (secondary N) is 3. The average molecular weight is 529 g/mol.